The number of halogens is 1. The summed E-state index contributed by atoms with van der Waals surface area (Å²) in [5.41, 5.74) is 1.48. The molecule has 2 N–H and O–H groups in total. The highest BCUT2D eigenvalue weighted by Crippen LogP contribution is 2.23. The lowest BCUT2D eigenvalue weighted by Gasteiger charge is -2.09. The number of aliphatic hydroxyl groups is 1. The molecular formula is C14H15BrN2O3S. The summed E-state index contributed by atoms with van der Waals surface area (Å²) in [6.45, 7) is 0.138. The number of nitrogens with one attached hydrogen (secondary N) is 1. The van der Waals surface area contributed by atoms with Gasteiger partial charge in [-0.2, -0.15) is 0 Å². The molecule has 0 amide bonds. The highest BCUT2D eigenvalue weighted by Gasteiger charge is 2.17. The molecule has 2 aromatic rings. The third-order valence-corrected chi connectivity index (χ3v) is 5.31. The lowest BCUT2D eigenvalue weighted by atomic mass is 10.2. The predicted molar refractivity (Wildman–Crippen MR) is 83.2 cm³/mol. The van der Waals surface area contributed by atoms with Gasteiger partial charge in [-0.05, 0) is 45.8 Å². The summed E-state index contributed by atoms with van der Waals surface area (Å²) in [6.07, 6.45) is 2.19. The van der Waals surface area contributed by atoms with E-state index in [4.69, 9.17) is 5.11 Å². The topological polar surface area (TPSA) is 79.3 Å². The quantitative estimate of drug-likeness (QED) is 0.813. The van der Waals surface area contributed by atoms with E-state index >= 15 is 0 Å². The molecule has 0 fully saturated rings. The van der Waals surface area contributed by atoms with Crippen LogP contribution in [0.4, 0.5) is 0 Å². The fourth-order valence-corrected chi connectivity index (χ4v) is 3.95. The van der Waals surface area contributed by atoms with E-state index in [0.29, 0.717) is 16.5 Å². The van der Waals surface area contributed by atoms with Gasteiger partial charge in [0, 0.05) is 29.3 Å². The Bertz CT molecular complexity index is 705. The number of rotatable bonds is 6. The number of aromatic nitrogens is 1. The van der Waals surface area contributed by atoms with Crippen molar-refractivity contribution in [1.29, 1.82) is 0 Å². The minimum Gasteiger partial charge on any atom is -0.392 e. The number of sulfonamides is 1. The van der Waals surface area contributed by atoms with E-state index in [-0.39, 0.29) is 18.0 Å². The van der Waals surface area contributed by atoms with Crippen LogP contribution in [0, 0.1) is 0 Å². The zero-order valence-electron chi connectivity index (χ0n) is 11.2. The van der Waals surface area contributed by atoms with Gasteiger partial charge in [-0.25, -0.2) is 13.1 Å². The molecule has 0 spiro atoms. The Morgan fingerprint density at radius 3 is 2.67 bits per heavy atom. The van der Waals surface area contributed by atoms with Gasteiger partial charge >= 0.3 is 0 Å². The number of aliphatic hydroxyl groups excluding tert-OH is 1. The van der Waals surface area contributed by atoms with Crippen molar-refractivity contribution in [3.63, 3.8) is 0 Å². The number of benzene rings is 1. The van der Waals surface area contributed by atoms with Crippen LogP contribution in [0.1, 0.15) is 11.3 Å². The van der Waals surface area contributed by atoms with Crippen LogP contribution in [0.25, 0.3) is 0 Å². The highest BCUT2D eigenvalue weighted by atomic mass is 79.9. The minimum absolute atomic E-state index is 0.133. The monoisotopic (exact) mass is 370 g/mol. The van der Waals surface area contributed by atoms with Gasteiger partial charge in [0.15, 0.2) is 0 Å². The molecule has 1 aromatic heterocycles. The maximum atomic E-state index is 12.2. The summed E-state index contributed by atoms with van der Waals surface area (Å²) in [5, 5.41) is 9.03. The zero-order chi connectivity index (χ0) is 15.3. The van der Waals surface area contributed by atoms with Gasteiger partial charge in [-0.15, -0.1) is 0 Å². The van der Waals surface area contributed by atoms with E-state index in [2.05, 4.69) is 25.6 Å². The molecule has 112 valence electrons. The second-order valence-electron chi connectivity index (χ2n) is 4.39. The second kappa shape index (κ2) is 7.13. The first-order valence-electron chi connectivity index (χ1n) is 6.32. The second-order valence-corrected chi connectivity index (χ2v) is 6.98. The maximum Gasteiger partial charge on any atom is 0.241 e. The minimum atomic E-state index is -3.59. The highest BCUT2D eigenvalue weighted by molar-refractivity contribution is 9.10. The van der Waals surface area contributed by atoms with Gasteiger partial charge in [0.05, 0.1) is 11.5 Å². The number of hydrogen-bond donors (Lipinski definition) is 2. The van der Waals surface area contributed by atoms with Crippen LogP contribution >= 0.6 is 15.9 Å². The molecule has 21 heavy (non-hydrogen) atoms. The van der Waals surface area contributed by atoms with Gasteiger partial charge < -0.3 is 5.11 Å². The normalized spacial score (nSPS) is 11.5. The van der Waals surface area contributed by atoms with Crippen LogP contribution in [0.3, 0.4) is 0 Å². The van der Waals surface area contributed by atoms with E-state index in [0.717, 1.165) is 5.69 Å². The maximum absolute atomic E-state index is 12.2. The standard InChI is InChI=1S/C14H15BrN2O3S/c15-13-9-11(10-18)4-5-14(13)21(19,20)17-8-6-12-3-1-2-7-16-12/h1-5,7,9,17-18H,6,8,10H2. The third kappa shape index (κ3) is 4.34. The molecule has 0 saturated carbocycles. The van der Waals surface area contributed by atoms with Crippen LogP contribution in [0.2, 0.25) is 0 Å². The zero-order valence-corrected chi connectivity index (χ0v) is 13.6. The molecule has 7 heteroatoms. The van der Waals surface area contributed by atoms with Crippen LogP contribution in [-0.4, -0.2) is 25.1 Å². The number of nitrogens with zero attached hydrogens (tertiary/aromatic N) is 1. The van der Waals surface area contributed by atoms with Crippen molar-refractivity contribution in [2.24, 2.45) is 0 Å². The van der Waals surface area contributed by atoms with Crippen molar-refractivity contribution in [3.8, 4) is 0 Å². The van der Waals surface area contributed by atoms with Gasteiger partial charge in [0.1, 0.15) is 0 Å². The molecule has 2 rings (SSSR count). The van der Waals surface area contributed by atoms with Crippen molar-refractivity contribution >= 4 is 26.0 Å². The van der Waals surface area contributed by atoms with E-state index < -0.39 is 10.0 Å². The van der Waals surface area contributed by atoms with Crippen LogP contribution < -0.4 is 4.72 Å². The smallest absolute Gasteiger partial charge is 0.241 e. The van der Waals surface area contributed by atoms with Gasteiger partial charge in [-0.3, -0.25) is 4.98 Å². The largest absolute Gasteiger partial charge is 0.392 e. The van der Waals surface area contributed by atoms with Crippen molar-refractivity contribution in [2.75, 3.05) is 6.54 Å². The van der Waals surface area contributed by atoms with Crippen LogP contribution in [0.5, 0.6) is 0 Å². The molecule has 0 aliphatic carbocycles. The van der Waals surface area contributed by atoms with E-state index in [9.17, 15) is 8.42 Å². The third-order valence-electron chi connectivity index (χ3n) is 2.87. The van der Waals surface area contributed by atoms with Gasteiger partial charge in [0.2, 0.25) is 10.0 Å². The first-order valence-corrected chi connectivity index (χ1v) is 8.59. The Kier molecular flexibility index (Phi) is 5.46. The lowest BCUT2D eigenvalue weighted by Crippen LogP contribution is -2.26. The van der Waals surface area contributed by atoms with Crippen LogP contribution in [-0.2, 0) is 23.1 Å². The molecule has 1 heterocycles. The van der Waals surface area contributed by atoms with E-state index in [1.807, 2.05) is 18.2 Å². The molecule has 0 bridgehead atoms. The molecule has 5 nitrogen and oxygen atoms in total. The van der Waals surface area contributed by atoms with E-state index in [1.165, 1.54) is 6.07 Å². The molecular weight excluding hydrogens is 356 g/mol. The Morgan fingerprint density at radius 2 is 2.05 bits per heavy atom. The van der Waals surface area contributed by atoms with Gasteiger partial charge in [0.25, 0.3) is 0 Å². The molecule has 0 unspecified atom stereocenters. The predicted octanol–water partition coefficient (Wildman–Crippen LogP) is 1.86. The van der Waals surface area contributed by atoms with Gasteiger partial charge in [-0.1, -0.05) is 12.1 Å². The fourth-order valence-electron chi connectivity index (χ4n) is 1.80. The number of hydrogen-bond acceptors (Lipinski definition) is 4. The summed E-state index contributed by atoms with van der Waals surface area (Å²) in [7, 11) is -3.59. The summed E-state index contributed by atoms with van der Waals surface area (Å²) in [6, 6.07) is 10.2. The SMILES string of the molecule is O=S(=O)(NCCc1ccccn1)c1ccc(CO)cc1Br. The summed E-state index contributed by atoms with van der Waals surface area (Å²) >= 11 is 3.22. The van der Waals surface area contributed by atoms with Crippen molar-refractivity contribution in [2.45, 2.75) is 17.9 Å². The van der Waals surface area contributed by atoms with Crippen molar-refractivity contribution in [3.05, 3.63) is 58.3 Å². The van der Waals surface area contributed by atoms with E-state index in [1.54, 1.807) is 18.3 Å². The Morgan fingerprint density at radius 1 is 1.24 bits per heavy atom. The Hall–Kier alpha value is -1.28. The number of pyridine rings is 1. The molecule has 0 aliphatic heterocycles. The molecule has 0 aliphatic rings. The fraction of sp³-hybridized carbons (Fsp3) is 0.214. The Balaban J connectivity index is 2.05. The lowest BCUT2D eigenvalue weighted by molar-refractivity contribution is 0.281. The molecule has 0 radical (unpaired) electrons. The summed E-state index contributed by atoms with van der Waals surface area (Å²) in [5.74, 6) is 0. The van der Waals surface area contributed by atoms with Crippen molar-refractivity contribution < 1.29 is 13.5 Å². The summed E-state index contributed by atoms with van der Waals surface area (Å²) in [4.78, 5) is 4.29. The first kappa shape index (κ1) is 16.1. The molecule has 0 saturated heterocycles. The Labute approximate surface area is 132 Å². The average molecular weight is 371 g/mol. The molecule has 1 aromatic carbocycles. The van der Waals surface area contributed by atoms with Crippen molar-refractivity contribution in [1.82, 2.24) is 9.71 Å². The average Bonchev–Trinajstić information content (AvgIpc) is 2.47. The summed E-state index contributed by atoms with van der Waals surface area (Å²) < 4.78 is 27.4. The first-order chi connectivity index (χ1) is 10.0. The van der Waals surface area contributed by atoms with Crippen LogP contribution in [0.15, 0.2) is 52.0 Å². The molecule has 0 atom stereocenters.